The number of nitrogens with one attached hydrogen (secondary N) is 1. The number of nitroso groups, excluding NO2 is 1. The summed E-state index contributed by atoms with van der Waals surface area (Å²) in [6.45, 7) is 1.26. The van der Waals surface area contributed by atoms with Crippen molar-refractivity contribution in [1.29, 1.82) is 0 Å². The zero-order chi connectivity index (χ0) is 7.66. The lowest BCUT2D eigenvalue weighted by Gasteiger charge is -1.97. The van der Waals surface area contributed by atoms with E-state index in [2.05, 4.69) is 10.5 Å². The summed E-state index contributed by atoms with van der Waals surface area (Å²) in [7, 11) is 0. The van der Waals surface area contributed by atoms with Crippen LogP contribution in [0, 0.1) is 4.91 Å². The van der Waals surface area contributed by atoms with Crippen LogP contribution in [-0.2, 0) is 0 Å². The second-order valence-electron chi connectivity index (χ2n) is 2.07. The standard InChI is InChI=1S/C6H14N2O2/c9-5-3-1-2-4-7-6-8-10/h7,9H,1-6H2. The van der Waals surface area contributed by atoms with Gasteiger partial charge in [-0.05, 0) is 25.8 Å². The monoisotopic (exact) mass is 146 g/mol. The molecule has 0 saturated carbocycles. The third-order valence-electron chi connectivity index (χ3n) is 1.19. The minimum absolute atomic E-state index is 0.194. The van der Waals surface area contributed by atoms with Crippen molar-refractivity contribution in [3.63, 3.8) is 0 Å². The molecule has 0 aromatic heterocycles. The molecule has 0 heterocycles. The Balaban J connectivity index is 2.70. The van der Waals surface area contributed by atoms with Crippen LogP contribution in [0.4, 0.5) is 0 Å². The van der Waals surface area contributed by atoms with Crippen LogP contribution in [-0.4, -0.2) is 24.9 Å². The van der Waals surface area contributed by atoms with E-state index in [4.69, 9.17) is 5.11 Å². The van der Waals surface area contributed by atoms with Crippen LogP contribution >= 0.6 is 0 Å². The first kappa shape index (κ1) is 9.52. The third-order valence-corrected chi connectivity index (χ3v) is 1.19. The van der Waals surface area contributed by atoms with Gasteiger partial charge in [-0.25, -0.2) is 0 Å². The summed E-state index contributed by atoms with van der Waals surface area (Å²) in [5.41, 5.74) is 0. The molecule has 0 aromatic carbocycles. The van der Waals surface area contributed by atoms with Crippen molar-refractivity contribution in [3.05, 3.63) is 4.91 Å². The summed E-state index contributed by atoms with van der Waals surface area (Å²) < 4.78 is 0. The number of rotatable bonds is 7. The van der Waals surface area contributed by atoms with Gasteiger partial charge in [0, 0.05) is 6.61 Å². The summed E-state index contributed by atoms with van der Waals surface area (Å²) in [5, 5.41) is 13.9. The maximum absolute atomic E-state index is 9.54. The Morgan fingerprint density at radius 2 is 2.10 bits per heavy atom. The molecule has 0 bridgehead atoms. The van der Waals surface area contributed by atoms with Gasteiger partial charge in [-0.15, -0.1) is 4.91 Å². The van der Waals surface area contributed by atoms with Crippen molar-refractivity contribution in [2.75, 3.05) is 19.8 Å². The minimum Gasteiger partial charge on any atom is -0.396 e. The number of nitrogens with zero attached hydrogens (tertiary/aromatic N) is 1. The molecule has 0 unspecified atom stereocenters. The van der Waals surface area contributed by atoms with Gasteiger partial charge < -0.3 is 5.11 Å². The quantitative estimate of drug-likeness (QED) is 0.405. The van der Waals surface area contributed by atoms with E-state index in [-0.39, 0.29) is 13.3 Å². The smallest absolute Gasteiger partial charge is 0.131 e. The zero-order valence-electron chi connectivity index (χ0n) is 6.05. The van der Waals surface area contributed by atoms with Gasteiger partial charge in [-0.3, -0.25) is 5.32 Å². The van der Waals surface area contributed by atoms with Crippen molar-refractivity contribution in [2.45, 2.75) is 19.3 Å². The molecule has 0 aliphatic rings. The van der Waals surface area contributed by atoms with E-state index in [9.17, 15) is 4.91 Å². The van der Waals surface area contributed by atoms with E-state index < -0.39 is 0 Å². The summed E-state index contributed by atoms with van der Waals surface area (Å²) >= 11 is 0. The third kappa shape index (κ3) is 7.52. The van der Waals surface area contributed by atoms with Crippen molar-refractivity contribution >= 4 is 0 Å². The Labute approximate surface area is 60.6 Å². The normalized spacial score (nSPS) is 9.70. The molecule has 4 heteroatoms. The van der Waals surface area contributed by atoms with Gasteiger partial charge in [0.2, 0.25) is 0 Å². The molecular formula is C6H14N2O2. The molecule has 0 spiro atoms. The van der Waals surface area contributed by atoms with Crippen LogP contribution in [0.3, 0.4) is 0 Å². The number of aliphatic hydroxyl groups is 1. The highest BCUT2D eigenvalue weighted by molar-refractivity contribution is 4.45. The fourth-order valence-electron chi connectivity index (χ4n) is 0.663. The molecule has 0 rings (SSSR count). The molecule has 60 valence electrons. The number of hydrogen-bond donors (Lipinski definition) is 2. The lowest BCUT2D eigenvalue weighted by molar-refractivity contribution is 0.283. The van der Waals surface area contributed by atoms with Crippen LogP contribution < -0.4 is 5.32 Å². The maximum Gasteiger partial charge on any atom is 0.131 e. The van der Waals surface area contributed by atoms with Crippen molar-refractivity contribution in [3.8, 4) is 0 Å². The lowest BCUT2D eigenvalue weighted by atomic mass is 10.2. The van der Waals surface area contributed by atoms with E-state index in [1.807, 2.05) is 0 Å². The van der Waals surface area contributed by atoms with E-state index in [0.717, 1.165) is 25.8 Å². The average molecular weight is 146 g/mol. The minimum atomic E-state index is 0.194. The van der Waals surface area contributed by atoms with Gasteiger partial charge in [-0.1, -0.05) is 5.18 Å². The van der Waals surface area contributed by atoms with Crippen LogP contribution in [0.2, 0.25) is 0 Å². The van der Waals surface area contributed by atoms with Crippen molar-refractivity contribution in [2.24, 2.45) is 5.18 Å². The number of hydrogen-bond acceptors (Lipinski definition) is 4. The fourth-order valence-corrected chi connectivity index (χ4v) is 0.663. The first-order valence-corrected chi connectivity index (χ1v) is 3.52. The van der Waals surface area contributed by atoms with Gasteiger partial charge in [-0.2, -0.15) is 0 Å². The van der Waals surface area contributed by atoms with E-state index in [1.54, 1.807) is 0 Å². The first-order valence-electron chi connectivity index (χ1n) is 3.52. The van der Waals surface area contributed by atoms with Gasteiger partial charge in [0.15, 0.2) is 0 Å². The average Bonchev–Trinajstić information content (AvgIpc) is 1.97. The molecule has 0 amide bonds. The topological polar surface area (TPSA) is 61.7 Å². The Hall–Kier alpha value is -0.480. The highest BCUT2D eigenvalue weighted by atomic mass is 16.3. The molecule has 0 fully saturated rings. The molecule has 0 atom stereocenters. The predicted octanol–water partition coefficient (Wildman–Crippen LogP) is 0.462. The van der Waals surface area contributed by atoms with Crippen molar-refractivity contribution in [1.82, 2.24) is 5.32 Å². The molecule has 4 nitrogen and oxygen atoms in total. The maximum atomic E-state index is 9.54. The summed E-state index contributed by atoms with van der Waals surface area (Å²) in [6.07, 6.45) is 2.84. The number of unbranched alkanes of at least 4 members (excludes halogenated alkanes) is 2. The summed E-state index contributed by atoms with van der Waals surface area (Å²) in [5.74, 6) is 0. The summed E-state index contributed by atoms with van der Waals surface area (Å²) in [6, 6.07) is 0. The molecule has 0 aromatic rings. The molecule has 0 aliphatic heterocycles. The molecule has 0 saturated heterocycles. The van der Waals surface area contributed by atoms with Gasteiger partial charge in [0.25, 0.3) is 0 Å². The Kier molecular flexibility index (Phi) is 8.11. The van der Waals surface area contributed by atoms with E-state index >= 15 is 0 Å². The van der Waals surface area contributed by atoms with Gasteiger partial charge in [0.1, 0.15) is 6.67 Å². The largest absolute Gasteiger partial charge is 0.396 e. The van der Waals surface area contributed by atoms with Crippen LogP contribution in [0.15, 0.2) is 5.18 Å². The fraction of sp³-hybridized carbons (Fsp3) is 1.00. The highest BCUT2D eigenvalue weighted by Crippen LogP contribution is 1.91. The van der Waals surface area contributed by atoms with E-state index in [0.29, 0.717) is 0 Å². The highest BCUT2D eigenvalue weighted by Gasteiger charge is 1.86. The van der Waals surface area contributed by atoms with Gasteiger partial charge in [0.05, 0.1) is 0 Å². The second-order valence-corrected chi connectivity index (χ2v) is 2.07. The van der Waals surface area contributed by atoms with Gasteiger partial charge >= 0.3 is 0 Å². The Morgan fingerprint density at radius 3 is 2.70 bits per heavy atom. The molecule has 0 aliphatic carbocycles. The van der Waals surface area contributed by atoms with Crippen LogP contribution in [0.25, 0.3) is 0 Å². The van der Waals surface area contributed by atoms with E-state index in [1.165, 1.54) is 0 Å². The lowest BCUT2D eigenvalue weighted by Crippen LogP contribution is -2.14. The van der Waals surface area contributed by atoms with Crippen LogP contribution in [0.5, 0.6) is 0 Å². The predicted molar refractivity (Wildman–Crippen MR) is 39.6 cm³/mol. The van der Waals surface area contributed by atoms with Crippen molar-refractivity contribution < 1.29 is 5.11 Å². The number of aliphatic hydroxyl groups excluding tert-OH is 1. The summed E-state index contributed by atoms with van der Waals surface area (Å²) in [4.78, 5) is 9.54. The molecule has 2 N–H and O–H groups in total. The Morgan fingerprint density at radius 1 is 1.30 bits per heavy atom. The molecular weight excluding hydrogens is 132 g/mol. The SMILES string of the molecule is O=NCNCCCCCO. The zero-order valence-corrected chi connectivity index (χ0v) is 6.05. The first-order chi connectivity index (χ1) is 4.91. The molecule has 10 heavy (non-hydrogen) atoms. The molecule has 0 radical (unpaired) electrons. The second kappa shape index (κ2) is 8.52. The van der Waals surface area contributed by atoms with Crippen LogP contribution in [0.1, 0.15) is 19.3 Å². The Bertz CT molecular complexity index is 78.1.